The highest BCUT2D eigenvalue weighted by atomic mass is 16.3. The Balaban J connectivity index is 1.64. The lowest BCUT2D eigenvalue weighted by atomic mass is 9.35. The summed E-state index contributed by atoms with van der Waals surface area (Å²) in [6.45, 7) is 59.9. The van der Waals surface area contributed by atoms with E-state index in [1.165, 1.54) is 97.5 Å². The molecule has 0 spiro atoms. The minimum absolute atomic E-state index is 0.0596. The molecule has 0 saturated heterocycles. The largest absolute Gasteiger partial charge is 0.472 e. The normalized spacial score (nSPS) is 20.0. The van der Waals surface area contributed by atoms with E-state index in [0.717, 1.165) is 55.6 Å². The van der Waals surface area contributed by atoms with Crippen LogP contribution in [0.25, 0.3) is 0 Å². The number of hydrogen-bond donors (Lipinski definition) is 0. The Bertz CT molecular complexity index is 2710. The van der Waals surface area contributed by atoms with Crippen LogP contribution in [-0.4, -0.2) is 13.3 Å². The molecule has 3 nitrogen and oxygen atoms in total. The Morgan fingerprint density at radius 2 is 1.54 bits per heavy atom. The van der Waals surface area contributed by atoms with Crippen molar-refractivity contribution < 1.29 is 4.42 Å². The molecule has 0 fully saturated rings. The molecular weight excluding hydrogens is 872 g/mol. The van der Waals surface area contributed by atoms with Crippen LogP contribution in [0.3, 0.4) is 0 Å². The average molecular weight is 969 g/mol. The molecule has 4 aliphatic rings. The van der Waals surface area contributed by atoms with Crippen LogP contribution in [0.15, 0.2) is 113 Å². The van der Waals surface area contributed by atoms with Crippen molar-refractivity contribution in [2.75, 3.05) is 16.3 Å². The van der Waals surface area contributed by atoms with Gasteiger partial charge in [0.1, 0.15) is 5.76 Å². The molecule has 0 saturated carbocycles. The number of benzene rings is 2. The van der Waals surface area contributed by atoms with E-state index in [4.69, 9.17) is 11.0 Å². The Kier molecular flexibility index (Phi) is 15.6. The van der Waals surface area contributed by atoms with Gasteiger partial charge in [-0.05, 0) is 178 Å². The third-order valence-corrected chi connectivity index (χ3v) is 18.0. The summed E-state index contributed by atoms with van der Waals surface area (Å²) in [6, 6.07) is 10.4. The molecule has 2 aromatic carbocycles. The average Bonchev–Trinajstić information content (AvgIpc) is 3.73. The summed E-state index contributed by atoms with van der Waals surface area (Å²) in [5, 5.41) is 0. The summed E-state index contributed by atoms with van der Waals surface area (Å²) in [6.07, 6.45) is 23.6. The first-order valence-corrected chi connectivity index (χ1v) is 28.3. The molecule has 388 valence electrons. The van der Waals surface area contributed by atoms with Crippen molar-refractivity contribution in [3.05, 3.63) is 136 Å². The quantitative estimate of drug-likeness (QED) is 0.0763. The number of furan rings is 1. The molecule has 0 radical (unpaired) electrons. The summed E-state index contributed by atoms with van der Waals surface area (Å²) in [4.78, 5) is 5.32. The second kappa shape index (κ2) is 20.4. The lowest BCUT2D eigenvalue weighted by Crippen LogP contribution is -2.62. The van der Waals surface area contributed by atoms with Crippen LogP contribution in [-0.2, 0) is 16.2 Å². The van der Waals surface area contributed by atoms with Gasteiger partial charge in [0.05, 0.1) is 11.3 Å². The zero-order valence-corrected chi connectivity index (χ0v) is 49.2. The van der Waals surface area contributed by atoms with Crippen molar-refractivity contribution in [3.63, 3.8) is 0 Å². The van der Waals surface area contributed by atoms with Crippen molar-refractivity contribution in [1.29, 1.82) is 0 Å². The Morgan fingerprint density at radius 1 is 0.875 bits per heavy atom. The molecule has 4 heteroatoms. The van der Waals surface area contributed by atoms with Crippen molar-refractivity contribution in [3.8, 4) is 0 Å². The Labute approximate surface area is 441 Å². The fourth-order valence-corrected chi connectivity index (χ4v) is 12.4. The van der Waals surface area contributed by atoms with Crippen LogP contribution in [0.5, 0.6) is 0 Å². The first-order valence-electron chi connectivity index (χ1n) is 28.3. The zero-order valence-electron chi connectivity index (χ0n) is 49.2. The van der Waals surface area contributed by atoms with E-state index in [0.29, 0.717) is 30.2 Å². The van der Waals surface area contributed by atoms with Gasteiger partial charge in [-0.1, -0.05) is 180 Å². The van der Waals surface area contributed by atoms with Gasteiger partial charge in [0.25, 0.3) is 6.71 Å². The summed E-state index contributed by atoms with van der Waals surface area (Å²) >= 11 is 0. The van der Waals surface area contributed by atoms with E-state index in [9.17, 15) is 0 Å². The number of anilines is 4. The van der Waals surface area contributed by atoms with Crippen LogP contribution in [0.2, 0.25) is 0 Å². The van der Waals surface area contributed by atoms with Gasteiger partial charge in [-0.3, -0.25) is 0 Å². The van der Waals surface area contributed by atoms with Crippen molar-refractivity contribution >= 4 is 46.0 Å². The lowest BCUT2D eigenvalue weighted by Gasteiger charge is -2.46. The van der Waals surface area contributed by atoms with Crippen molar-refractivity contribution in [1.82, 2.24) is 0 Å². The molecule has 3 aromatic rings. The van der Waals surface area contributed by atoms with E-state index in [1.807, 2.05) is 0 Å². The fraction of sp³-hybridized carbons (Fsp3) is 0.559. The molecule has 2 aliphatic heterocycles. The molecule has 2 atom stereocenters. The zero-order chi connectivity index (χ0) is 53.2. The number of nitrogens with zero attached hydrogens (tertiary/aromatic N) is 2. The maximum absolute atomic E-state index is 7.79. The molecule has 0 bridgehead atoms. The first-order chi connectivity index (χ1) is 33.5. The summed E-state index contributed by atoms with van der Waals surface area (Å²) in [5.41, 5.74) is 20.7. The minimum Gasteiger partial charge on any atom is -0.472 e. The van der Waals surface area contributed by atoms with Gasteiger partial charge < -0.3 is 14.2 Å². The number of rotatable bonds is 17. The van der Waals surface area contributed by atoms with Crippen LogP contribution in [0.4, 0.5) is 22.7 Å². The predicted octanol–water partition coefficient (Wildman–Crippen LogP) is 18.3. The number of fused-ring (bicyclic) bond motifs is 6. The molecule has 1 aromatic heterocycles. The van der Waals surface area contributed by atoms with Gasteiger partial charge in [0, 0.05) is 40.3 Å². The van der Waals surface area contributed by atoms with E-state index < -0.39 is 0 Å². The molecular formula is C68H97BN2O. The molecule has 2 aliphatic carbocycles. The molecule has 0 N–H and O–H groups in total. The standard InChI is InChI=1S/C68H97BN2O/c1-23-26-28-47(10)49(37-54-48(11)46(9)31-34-66(54,17)18)42-70-56-41-52(44(6)7)53(45(8)24-2)40-55(56)69-60-57(70)38-50(64(12,13)14)39-58(60)71(51(25-3)29-27-32-65(15,16)33-30-43(4)5)61-59-62(72-63(61)69)68(21,22)36-35-67(59,19)20/h23,25,27,29,32,37-41,43-46H,1,3,10,24,26,28,30-31,33-36,42H2,2,4-9,11-22H3/b32-27+,49-37+,51-29+. The third-order valence-electron chi connectivity index (χ3n) is 18.0. The van der Waals surface area contributed by atoms with Crippen LogP contribution in [0, 0.1) is 22.7 Å². The Morgan fingerprint density at radius 3 is 2.15 bits per heavy atom. The second-order valence-corrected chi connectivity index (χ2v) is 27.4. The van der Waals surface area contributed by atoms with Crippen molar-refractivity contribution in [2.45, 2.75) is 217 Å². The van der Waals surface area contributed by atoms with Gasteiger partial charge in [-0.2, -0.15) is 0 Å². The van der Waals surface area contributed by atoms with E-state index >= 15 is 0 Å². The van der Waals surface area contributed by atoms with E-state index in [2.05, 4.69) is 215 Å². The first kappa shape index (κ1) is 55.3. The van der Waals surface area contributed by atoms with Gasteiger partial charge in [-0.25, -0.2) is 0 Å². The number of allylic oxidation sites excluding steroid dienone is 8. The SMILES string of the molecule is C=CCCC(=C)/C(=C/C1=C(C)C(C)CCC1(C)C)CN1c2cc(C(C)C)c(C(C)CC)cc2B2c3oc4c(c3N(/C(C=C)=C/C=C/C(C)(C)CCC(C)C)c3cc(C(C)(C)C)cc1c32)C(C)(C)CCC4(C)C. The summed E-state index contributed by atoms with van der Waals surface area (Å²) < 4.78 is 7.79. The highest BCUT2D eigenvalue weighted by Crippen LogP contribution is 2.54. The van der Waals surface area contributed by atoms with Gasteiger partial charge in [-0.15, -0.1) is 6.58 Å². The maximum atomic E-state index is 7.79. The van der Waals surface area contributed by atoms with Gasteiger partial charge in [0.2, 0.25) is 0 Å². The van der Waals surface area contributed by atoms with Crippen LogP contribution in [0.1, 0.15) is 229 Å². The predicted molar refractivity (Wildman–Crippen MR) is 319 cm³/mol. The molecule has 72 heavy (non-hydrogen) atoms. The maximum Gasteiger partial charge on any atom is 0.297 e. The number of hydrogen-bond acceptors (Lipinski definition) is 3. The van der Waals surface area contributed by atoms with Crippen LogP contribution < -0.4 is 26.4 Å². The smallest absolute Gasteiger partial charge is 0.297 e. The van der Waals surface area contributed by atoms with Crippen LogP contribution >= 0.6 is 0 Å². The van der Waals surface area contributed by atoms with E-state index in [-0.39, 0.29) is 33.8 Å². The molecule has 7 rings (SSSR count). The topological polar surface area (TPSA) is 19.6 Å². The monoisotopic (exact) mass is 969 g/mol. The summed E-state index contributed by atoms with van der Waals surface area (Å²) in [7, 11) is 0. The molecule has 0 amide bonds. The summed E-state index contributed by atoms with van der Waals surface area (Å²) in [5.74, 6) is 3.12. The van der Waals surface area contributed by atoms with Gasteiger partial charge in [0.15, 0.2) is 0 Å². The molecule has 2 unspecified atom stereocenters. The van der Waals surface area contributed by atoms with E-state index in [1.54, 1.807) is 0 Å². The molecule has 3 heterocycles. The highest BCUT2D eigenvalue weighted by molar-refractivity contribution is 6.99. The third kappa shape index (κ3) is 10.5. The fourth-order valence-electron chi connectivity index (χ4n) is 12.4. The van der Waals surface area contributed by atoms with Gasteiger partial charge >= 0.3 is 0 Å². The second-order valence-electron chi connectivity index (χ2n) is 27.4. The lowest BCUT2D eigenvalue weighted by molar-refractivity contribution is 0.282. The Hall–Kier alpha value is -4.44. The minimum atomic E-state index is -0.145. The highest BCUT2D eigenvalue weighted by Gasteiger charge is 2.53. The van der Waals surface area contributed by atoms with Crippen molar-refractivity contribution in [2.24, 2.45) is 22.7 Å².